The summed E-state index contributed by atoms with van der Waals surface area (Å²) in [5, 5.41) is 1.35. The molecule has 0 aliphatic carbocycles. The molecular formula is C22H15ClN4O2. The van der Waals surface area contributed by atoms with Crippen molar-refractivity contribution in [1.29, 1.82) is 0 Å². The molecule has 0 bridgehead atoms. The first-order chi connectivity index (χ1) is 14.0. The van der Waals surface area contributed by atoms with E-state index in [-0.39, 0.29) is 5.78 Å². The Kier molecular flexibility index (Phi) is 4.93. The molecule has 3 aromatic heterocycles. The quantitative estimate of drug-likeness (QED) is 0.389. The molecular weight excluding hydrogens is 388 g/mol. The number of nitrogens with two attached hydrogens (primary N) is 1. The third-order valence-corrected chi connectivity index (χ3v) is 4.65. The Hall–Kier alpha value is -3.77. The van der Waals surface area contributed by atoms with Crippen molar-refractivity contribution in [2.45, 2.75) is 0 Å². The molecule has 0 atom stereocenters. The van der Waals surface area contributed by atoms with Gasteiger partial charge in [-0.1, -0.05) is 35.9 Å². The summed E-state index contributed by atoms with van der Waals surface area (Å²) in [6, 6.07) is 12.4. The predicted octanol–water partition coefficient (Wildman–Crippen LogP) is 4.01. The fourth-order valence-corrected chi connectivity index (χ4v) is 3.08. The van der Waals surface area contributed by atoms with Crippen LogP contribution in [-0.2, 0) is 4.79 Å². The lowest BCUT2D eigenvalue weighted by molar-refractivity contribution is -0.113. The maximum absolute atomic E-state index is 12.5. The zero-order valence-corrected chi connectivity index (χ0v) is 15.9. The lowest BCUT2D eigenvalue weighted by Crippen LogP contribution is -2.04. The average molecular weight is 403 g/mol. The Morgan fingerprint density at radius 2 is 1.79 bits per heavy atom. The van der Waals surface area contributed by atoms with Crippen LogP contribution < -0.4 is 5.73 Å². The summed E-state index contributed by atoms with van der Waals surface area (Å²) in [6.07, 6.45) is 7.92. The second kappa shape index (κ2) is 7.69. The lowest BCUT2D eigenvalue weighted by Gasteiger charge is -2.05. The number of hydrogen-bond donors (Lipinski definition) is 2. The van der Waals surface area contributed by atoms with Crippen molar-refractivity contribution in [3.8, 4) is 11.1 Å². The second-order valence-electron chi connectivity index (χ2n) is 6.37. The molecule has 0 aliphatic rings. The van der Waals surface area contributed by atoms with Crippen LogP contribution in [0.4, 0.5) is 0 Å². The topological polar surface area (TPSA) is 102 Å². The van der Waals surface area contributed by atoms with Gasteiger partial charge in [0.2, 0.25) is 11.7 Å². The number of nitrogens with one attached hydrogen (secondary N) is 1. The van der Waals surface area contributed by atoms with Gasteiger partial charge in [-0.15, -0.1) is 0 Å². The Bertz CT molecular complexity index is 1240. The van der Waals surface area contributed by atoms with Gasteiger partial charge >= 0.3 is 0 Å². The zero-order valence-electron chi connectivity index (χ0n) is 15.1. The highest BCUT2D eigenvalue weighted by molar-refractivity contribution is 6.30. The highest BCUT2D eigenvalue weighted by atomic mass is 35.5. The molecule has 4 rings (SSSR count). The SMILES string of the molecule is NC(=O)C=Cc1c[nH]c2ncc(-c3ccc(C(=O)c4ccc(Cl)cn4)cc3)cc12. The van der Waals surface area contributed by atoms with Gasteiger partial charge < -0.3 is 10.7 Å². The number of fused-ring (bicyclic) bond motifs is 1. The van der Waals surface area contributed by atoms with Gasteiger partial charge in [-0.05, 0) is 29.8 Å². The van der Waals surface area contributed by atoms with E-state index in [1.165, 1.54) is 12.3 Å². The number of carbonyl (C=O) groups excluding carboxylic acids is 2. The first kappa shape index (κ1) is 18.6. The molecule has 3 heterocycles. The van der Waals surface area contributed by atoms with Gasteiger partial charge in [0.15, 0.2) is 0 Å². The summed E-state index contributed by atoms with van der Waals surface area (Å²) >= 11 is 5.82. The summed E-state index contributed by atoms with van der Waals surface area (Å²) in [7, 11) is 0. The predicted molar refractivity (Wildman–Crippen MR) is 112 cm³/mol. The molecule has 0 unspecified atom stereocenters. The third-order valence-electron chi connectivity index (χ3n) is 4.43. The second-order valence-corrected chi connectivity index (χ2v) is 6.80. The van der Waals surface area contributed by atoms with Gasteiger partial charge in [0, 0.05) is 46.7 Å². The van der Waals surface area contributed by atoms with Crippen LogP contribution in [0.15, 0.2) is 67.1 Å². The molecule has 0 saturated carbocycles. The van der Waals surface area contributed by atoms with Gasteiger partial charge in [0.05, 0.1) is 5.02 Å². The lowest BCUT2D eigenvalue weighted by atomic mass is 10.0. The first-order valence-electron chi connectivity index (χ1n) is 8.72. The van der Waals surface area contributed by atoms with Gasteiger partial charge in [-0.25, -0.2) is 4.98 Å². The Morgan fingerprint density at radius 1 is 1.00 bits per heavy atom. The van der Waals surface area contributed by atoms with Crippen LogP contribution in [-0.4, -0.2) is 26.6 Å². The molecule has 7 heteroatoms. The van der Waals surface area contributed by atoms with Crippen LogP contribution in [0.1, 0.15) is 21.6 Å². The highest BCUT2D eigenvalue weighted by Gasteiger charge is 2.11. The molecule has 3 N–H and O–H groups in total. The Balaban J connectivity index is 1.64. The smallest absolute Gasteiger partial charge is 0.241 e. The number of hydrogen-bond acceptors (Lipinski definition) is 4. The van der Waals surface area contributed by atoms with Crippen molar-refractivity contribution < 1.29 is 9.59 Å². The number of benzene rings is 1. The van der Waals surface area contributed by atoms with Crippen molar-refractivity contribution in [2.75, 3.05) is 0 Å². The van der Waals surface area contributed by atoms with Gasteiger partial charge in [0.25, 0.3) is 0 Å². The summed E-state index contributed by atoms with van der Waals surface area (Å²) in [5.74, 6) is -0.690. The molecule has 4 aromatic rings. The first-order valence-corrected chi connectivity index (χ1v) is 9.10. The Labute approximate surface area is 171 Å². The molecule has 1 amide bonds. The van der Waals surface area contributed by atoms with E-state index in [1.54, 1.807) is 42.7 Å². The summed E-state index contributed by atoms with van der Waals surface area (Å²) in [5.41, 5.74) is 9.35. The third kappa shape index (κ3) is 3.93. The average Bonchev–Trinajstić information content (AvgIpc) is 3.14. The van der Waals surface area contributed by atoms with E-state index in [9.17, 15) is 9.59 Å². The number of aromatic amines is 1. The molecule has 29 heavy (non-hydrogen) atoms. The molecule has 1 aromatic carbocycles. The molecule has 0 aliphatic heterocycles. The van der Waals surface area contributed by atoms with Crippen molar-refractivity contribution in [2.24, 2.45) is 5.73 Å². The Morgan fingerprint density at radius 3 is 2.48 bits per heavy atom. The number of halogens is 1. The van der Waals surface area contributed by atoms with Crippen LogP contribution in [0.2, 0.25) is 5.02 Å². The standard InChI is InChI=1S/C22H15ClN4O2/c23-17-6-7-19(25-12-17)21(29)14-3-1-13(2-4-14)16-9-18-15(5-8-20(24)28)10-26-22(18)27-11-16/h1-12H,(H2,24,28)(H,26,27). The number of rotatable bonds is 5. The minimum absolute atomic E-state index is 0.175. The van der Waals surface area contributed by atoms with E-state index < -0.39 is 5.91 Å². The van der Waals surface area contributed by atoms with Crippen LogP contribution in [0, 0.1) is 0 Å². The molecule has 0 spiro atoms. The monoisotopic (exact) mass is 402 g/mol. The number of primary amides is 1. The van der Waals surface area contributed by atoms with Gasteiger partial charge in [-0.2, -0.15) is 0 Å². The summed E-state index contributed by atoms with van der Waals surface area (Å²) in [4.78, 5) is 35.1. The normalized spacial score (nSPS) is 11.2. The number of carbonyl (C=O) groups is 2. The van der Waals surface area contributed by atoms with Crippen LogP contribution in [0.25, 0.3) is 28.2 Å². The number of pyridine rings is 2. The van der Waals surface area contributed by atoms with Crippen LogP contribution in [0.3, 0.4) is 0 Å². The summed E-state index contributed by atoms with van der Waals surface area (Å²) < 4.78 is 0. The molecule has 142 valence electrons. The maximum atomic E-state index is 12.5. The van der Waals surface area contributed by atoms with E-state index in [1.807, 2.05) is 18.2 Å². The molecule has 6 nitrogen and oxygen atoms in total. The van der Waals surface area contributed by atoms with Crippen LogP contribution >= 0.6 is 11.6 Å². The molecule has 0 radical (unpaired) electrons. The van der Waals surface area contributed by atoms with E-state index in [0.29, 0.717) is 21.9 Å². The minimum atomic E-state index is -0.515. The van der Waals surface area contributed by atoms with E-state index in [4.69, 9.17) is 17.3 Å². The summed E-state index contributed by atoms with van der Waals surface area (Å²) in [6.45, 7) is 0. The molecule has 0 saturated heterocycles. The van der Waals surface area contributed by atoms with Crippen LogP contribution in [0.5, 0.6) is 0 Å². The number of aromatic nitrogens is 3. The van der Waals surface area contributed by atoms with E-state index >= 15 is 0 Å². The van der Waals surface area contributed by atoms with E-state index in [2.05, 4.69) is 15.0 Å². The van der Waals surface area contributed by atoms with Gasteiger partial charge in [0.1, 0.15) is 11.3 Å². The van der Waals surface area contributed by atoms with Crippen molar-refractivity contribution >= 4 is 40.4 Å². The number of nitrogens with zero attached hydrogens (tertiary/aromatic N) is 2. The number of H-pyrrole nitrogens is 1. The van der Waals surface area contributed by atoms with Gasteiger partial charge in [-0.3, -0.25) is 14.6 Å². The van der Waals surface area contributed by atoms with Crippen molar-refractivity contribution in [3.05, 3.63) is 89.0 Å². The minimum Gasteiger partial charge on any atom is -0.366 e. The number of amides is 1. The van der Waals surface area contributed by atoms with E-state index in [0.717, 1.165) is 22.1 Å². The largest absolute Gasteiger partial charge is 0.366 e. The fraction of sp³-hybridized carbons (Fsp3) is 0. The highest BCUT2D eigenvalue weighted by Crippen LogP contribution is 2.26. The fourth-order valence-electron chi connectivity index (χ4n) is 2.96. The van der Waals surface area contributed by atoms with Crippen molar-refractivity contribution in [1.82, 2.24) is 15.0 Å². The van der Waals surface area contributed by atoms with Crippen molar-refractivity contribution in [3.63, 3.8) is 0 Å². The number of ketones is 1. The molecule has 0 fully saturated rings. The maximum Gasteiger partial charge on any atom is 0.241 e. The zero-order chi connectivity index (χ0) is 20.4.